The molecule has 1 aliphatic rings. The van der Waals surface area contributed by atoms with Gasteiger partial charge in [0, 0.05) is 22.5 Å². The van der Waals surface area contributed by atoms with Crippen molar-refractivity contribution in [1.82, 2.24) is 9.97 Å². The van der Waals surface area contributed by atoms with E-state index in [2.05, 4.69) is 17.4 Å². The zero-order chi connectivity index (χ0) is 19.8. The number of nitrogens with one attached hydrogen (secondary N) is 1. The van der Waals surface area contributed by atoms with E-state index < -0.39 is 0 Å². The monoisotopic (exact) mass is 399 g/mol. The summed E-state index contributed by atoms with van der Waals surface area (Å²) in [6.45, 7) is 1.59. The standard InChI is InChI=1S/C24H21N3OS/c1-15(28)17-9-5-10-18(14-17)25-23-22-19-11-6-12-20(19)29-24(22)27-21(26-23)13-16-7-3-2-4-8-16/h2-5,7-10,14H,6,11-13H2,1H3,(H,25,26,27). The Labute approximate surface area is 173 Å². The quantitative estimate of drug-likeness (QED) is 0.436. The van der Waals surface area contributed by atoms with Crippen LogP contribution in [-0.2, 0) is 19.3 Å². The van der Waals surface area contributed by atoms with Gasteiger partial charge < -0.3 is 5.32 Å². The second-order valence-electron chi connectivity index (χ2n) is 7.45. The Kier molecular flexibility index (Phi) is 4.60. The van der Waals surface area contributed by atoms with Crippen LogP contribution in [0.5, 0.6) is 0 Å². The molecule has 0 spiro atoms. The molecule has 1 N–H and O–H groups in total. The predicted molar refractivity (Wildman–Crippen MR) is 118 cm³/mol. The smallest absolute Gasteiger partial charge is 0.159 e. The maximum Gasteiger partial charge on any atom is 0.159 e. The number of hydrogen-bond donors (Lipinski definition) is 1. The third kappa shape index (κ3) is 3.54. The van der Waals surface area contributed by atoms with E-state index in [4.69, 9.17) is 9.97 Å². The molecule has 0 saturated heterocycles. The summed E-state index contributed by atoms with van der Waals surface area (Å²) in [6.07, 6.45) is 4.10. The first-order valence-corrected chi connectivity index (χ1v) is 10.7. The second-order valence-corrected chi connectivity index (χ2v) is 8.53. The zero-order valence-corrected chi connectivity index (χ0v) is 17.1. The van der Waals surface area contributed by atoms with E-state index in [9.17, 15) is 4.79 Å². The van der Waals surface area contributed by atoms with Crippen molar-refractivity contribution in [3.63, 3.8) is 0 Å². The molecule has 0 unspecified atom stereocenters. The van der Waals surface area contributed by atoms with Gasteiger partial charge in [-0.3, -0.25) is 4.79 Å². The lowest BCUT2D eigenvalue weighted by molar-refractivity contribution is 0.101. The number of carbonyl (C=O) groups excluding carboxylic acids is 1. The van der Waals surface area contributed by atoms with Gasteiger partial charge in [0.1, 0.15) is 16.5 Å². The molecule has 0 atom stereocenters. The molecule has 0 fully saturated rings. The summed E-state index contributed by atoms with van der Waals surface area (Å²) in [5.74, 6) is 1.72. The van der Waals surface area contributed by atoms with Crippen LogP contribution in [0.1, 0.15) is 45.5 Å². The van der Waals surface area contributed by atoms with Crippen LogP contribution in [0.25, 0.3) is 10.2 Å². The lowest BCUT2D eigenvalue weighted by Gasteiger charge is -2.11. The molecule has 29 heavy (non-hydrogen) atoms. The molecule has 0 amide bonds. The molecule has 5 heteroatoms. The van der Waals surface area contributed by atoms with Crippen LogP contribution >= 0.6 is 11.3 Å². The molecule has 144 valence electrons. The molecule has 5 rings (SSSR count). The summed E-state index contributed by atoms with van der Waals surface area (Å²) >= 11 is 1.80. The Morgan fingerprint density at radius 2 is 1.93 bits per heavy atom. The van der Waals surface area contributed by atoms with E-state index in [1.54, 1.807) is 18.3 Å². The topological polar surface area (TPSA) is 54.9 Å². The van der Waals surface area contributed by atoms with Crippen LogP contribution < -0.4 is 5.32 Å². The lowest BCUT2D eigenvalue weighted by Crippen LogP contribution is -2.03. The summed E-state index contributed by atoms with van der Waals surface area (Å²) in [5, 5.41) is 4.63. The van der Waals surface area contributed by atoms with Gasteiger partial charge >= 0.3 is 0 Å². The number of thiophene rings is 1. The Morgan fingerprint density at radius 1 is 1.07 bits per heavy atom. The average molecular weight is 400 g/mol. The van der Waals surface area contributed by atoms with Crippen molar-refractivity contribution in [3.8, 4) is 0 Å². The number of aryl methyl sites for hydroxylation is 2. The number of nitrogens with zero attached hydrogens (tertiary/aromatic N) is 2. The van der Waals surface area contributed by atoms with Crippen molar-refractivity contribution >= 4 is 38.8 Å². The molecular formula is C24H21N3OS. The minimum atomic E-state index is 0.0580. The van der Waals surface area contributed by atoms with E-state index in [0.717, 1.165) is 40.4 Å². The third-order valence-electron chi connectivity index (χ3n) is 5.35. The van der Waals surface area contributed by atoms with Gasteiger partial charge in [-0.25, -0.2) is 9.97 Å². The number of fused-ring (bicyclic) bond motifs is 3. The highest BCUT2D eigenvalue weighted by Crippen LogP contribution is 2.40. The molecule has 4 aromatic rings. The van der Waals surface area contributed by atoms with Crippen LogP contribution in [0.2, 0.25) is 0 Å². The van der Waals surface area contributed by atoms with Gasteiger partial charge in [-0.05, 0) is 49.4 Å². The largest absolute Gasteiger partial charge is 0.340 e. The normalized spacial score (nSPS) is 12.9. The molecule has 2 aromatic carbocycles. The number of hydrogen-bond acceptors (Lipinski definition) is 5. The highest BCUT2D eigenvalue weighted by atomic mass is 32.1. The van der Waals surface area contributed by atoms with Crippen molar-refractivity contribution in [2.24, 2.45) is 0 Å². The minimum absolute atomic E-state index is 0.0580. The second kappa shape index (κ2) is 7.41. The number of anilines is 2. The minimum Gasteiger partial charge on any atom is -0.340 e. The van der Waals surface area contributed by atoms with Crippen LogP contribution in [0.15, 0.2) is 54.6 Å². The Bertz CT molecular complexity index is 1210. The van der Waals surface area contributed by atoms with Gasteiger partial charge in [-0.15, -0.1) is 11.3 Å². The number of ketones is 1. The molecule has 2 heterocycles. The van der Waals surface area contributed by atoms with Crippen molar-refractivity contribution in [2.75, 3.05) is 5.32 Å². The first-order valence-electron chi connectivity index (χ1n) is 9.90. The number of rotatable bonds is 5. The van der Waals surface area contributed by atoms with Crippen LogP contribution in [0.3, 0.4) is 0 Å². The van der Waals surface area contributed by atoms with Crippen molar-refractivity contribution in [2.45, 2.75) is 32.6 Å². The van der Waals surface area contributed by atoms with Gasteiger partial charge in [-0.1, -0.05) is 42.5 Å². The summed E-state index contributed by atoms with van der Waals surface area (Å²) in [7, 11) is 0. The fourth-order valence-electron chi connectivity index (χ4n) is 3.94. The summed E-state index contributed by atoms with van der Waals surface area (Å²) in [6, 6.07) is 17.9. The number of aromatic nitrogens is 2. The highest BCUT2D eigenvalue weighted by molar-refractivity contribution is 7.19. The fourth-order valence-corrected chi connectivity index (χ4v) is 5.22. The molecule has 0 saturated carbocycles. The van der Waals surface area contributed by atoms with E-state index in [1.807, 2.05) is 42.5 Å². The first kappa shape index (κ1) is 18.0. The van der Waals surface area contributed by atoms with Gasteiger partial charge in [0.25, 0.3) is 0 Å². The molecule has 4 nitrogen and oxygen atoms in total. The number of carbonyl (C=O) groups is 1. The molecule has 1 aliphatic carbocycles. The average Bonchev–Trinajstić information content (AvgIpc) is 3.30. The molecule has 0 aliphatic heterocycles. The van der Waals surface area contributed by atoms with Crippen LogP contribution in [0, 0.1) is 0 Å². The summed E-state index contributed by atoms with van der Waals surface area (Å²) in [4.78, 5) is 24.1. The van der Waals surface area contributed by atoms with Gasteiger partial charge in [0.05, 0.1) is 5.39 Å². The third-order valence-corrected chi connectivity index (χ3v) is 6.53. The molecule has 2 aromatic heterocycles. The van der Waals surface area contributed by atoms with Gasteiger partial charge in [0.15, 0.2) is 5.78 Å². The molecule has 0 bridgehead atoms. The number of Topliss-reactive ketones (excluding diaryl/α,β-unsaturated/α-hetero) is 1. The first-order chi connectivity index (χ1) is 14.2. The summed E-state index contributed by atoms with van der Waals surface area (Å²) < 4.78 is 0. The summed E-state index contributed by atoms with van der Waals surface area (Å²) in [5.41, 5.74) is 4.16. The SMILES string of the molecule is CC(=O)c1cccc(Nc2nc(Cc3ccccc3)nc3sc4c(c23)CCC4)c1. The van der Waals surface area contributed by atoms with Crippen LogP contribution in [0.4, 0.5) is 11.5 Å². The van der Waals surface area contributed by atoms with E-state index in [1.165, 1.54) is 22.4 Å². The molecule has 0 radical (unpaired) electrons. The van der Waals surface area contributed by atoms with E-state index >= 15 is 0 Å². The predicted octanol–water partition coefficient (Wildman–Crippen LogP) is 5.72. The Morgan fingerprint density at radius 3 is 2.76 bits per heavy atom. The van der Waals surface area contributed by atoms with Gasteiger partial charge in [0.2, 0.25) is 0 Å². The molecular weight excluding hydrogens is 378 g/mol. The van der Waals surface area contributed by atoms with E-state index in [0.29, 0.717) is 12.0 Å². The highest BCUT2D eigenvalue weighted by Gasteiger charge is 2.22. The van der Waals surface area contributed by atoms with E-state index in [-0.39, 0.29) is 5.78 Å². The lowest BCUT2D eigenvalue weighted by atomic mass is 10.1. The van der Waals surface area contributed by atoms with Crippen molar-refractivity contribution < 1.29 is 4.79 Å². The van der Waals surface area contributed by atoms with Crippen molar-refractivity contribution in [1.29, 1.82) is 0 Å². The zero-order valence-electron chi connectivity index (χ0n) is 16.2. The Balaban J connectivity index is 1.60. The van der Waals surface area contributed by atoms with Crippen molar-refractivity contribution in [3.05, 3.63) is 82.0 Å². The Hall–Kier alpha value is -3.05. The maximum absolute atomic E-state index is 11.8. The fraction of sp³-hybridized carbons (Fsp3) is 0.208. The van der Waals surface area contributed by atoms with Gasteiger partial charge in [-0.2, -0.15) is 0 Å². The maximum atomic E-state index is 11.8. The van der Waals surface area contributed by atoms with Crippen LogP contribution in [-0.4, -0.2) is 15.8 Å². The number of benzene rings is 2.